The minimum Gasteiger partial charge on any atom is -0.481 e. The molecule has 0 aliphatic heterocycles. The van der Waals surface area contributed by atoms with E-state index < -0.39 is 24.1 Å². The number of halogens is 3. The molecule has 0 heterocycles. The van der Waals surface area contributed by atoms with Crippen LogP contribution >= 0.6 is 0 Å². The van der Waals surface area contributed by atoms with Crippen LogP contribution in [0.2, 0.25) is 0 Å². The van der Waals surface area contributed by atoms with Crippen LogP contribution in [0.3, 0.4) is 0 Å². The first-order valence-corrected chi connectivity index (χ1v) is 3.94. The lowest BCUT2D eigenvalue weighted by Gasteiger charge is -2.06. The predicted octanol–water partition coefficient (Wildman–Crippen LogP) is 2.05. The summed E-state index contributed by atoms with van der Waals surface area (Å²) in [5, 5.41) is 8.43. The molecule has 1 N–H and O–H groups in total. The third kappa shape index (κ3) is 3.49. The molecule has 1 rings (SSSR count). The fourth-order valence-corrected chi connectivity index (χ4v) is 1.02. The minimum absolute atomic E-state index is 0.194. The van der Waals surface area contributed by atoms with E-state index in [1.165, 1.54) is 6.07 Å². The van der Waals surface area contributed by atoms with E-state index in [0.717, 1.165) is 12.1 Å². The summed E-state index contributed by atoms with van der Waals surface area (Å²) in [6.07, 6.45) is -0.375. The van der Waals surface area contributed by atoms with Gasteiger partial charge in [0.25, 0.3) is 0 Å². The molecule has 0 atom stereocenters. The van der Waals surface area contributed by atoms with E-state index in [2.05, 4.69) is 4.74 Å². The Hall–Kier alpha value is -1.72. The van der Waals surface area contributed by atoms with Crippen molar-refractivity contribution in [2.45, 2.75) is 13.0 Å². The van der Waals surface area contributed by atoms with Crippen LogP contribution in [0.1, 0.15) is 5.56 Å². The highest BCUT2D eigenvalue weighted by Gasteiger charge is 2.11. The summed E-state index contributed by atoms with van der Waals surface area (Å²) in [5.41, 5.74) is 0.194. The lowest BCUT2D eigenvalue weighted by atomic mass is 10.1. The molecule has 0 amide bonds. The average Bonchev–Trinajstić information content (AvgIpc) is 2.09. The molecule has 0 saturated heterocycles. The van der Waals surface area contributed by atoms with Gasteiger partial charge >= 0.3 is 12.6 Å². The number of rotatable bonds is 4. The first-order valence-electron chi connectivity index (χ1n) is 3.94. The molecule has 1 aromatic rings. The van der Waals surface area contributed by atoms with Crippen molar-refractivity contribution in [2.24, 2.45) is 0 Å². The fraction of sp³-hybridized carbons (Fsp3) is 0.222. The summed E-state index contributed by atoms with van der Waals surface area (Å²) in [6.45, 7) is -3.14. The highest BCUT2D eigenvalue weighted by atomic mass is 19.3. The van der Waals surface area contributed by atoms with Gasteiger partial charge in [0.2, 0.25) is 0 Å². The highest BCUT2D eigenvalue weighted by molar-refractivity contribution is 5.70. The molecule has 0 saturated carbocycles. The summed E-state index contributed by atoms with van der Waals surface area (Å²) in [5.74, 6) is -2.74. The van der Waals surface area contributed by atoms with Crippen molar-refractivity contribution in [1.82, 2.24) is 0 Å². The summed E-state index contributed by atoms with van der Waals surface area (Å²) in [6, 6.07) is 3.02. The van der Waals surface area contributed by atoms with Crippen molar-refractivity contribution >= 4 is 5.97 Å². The molecule has 0 radical (unpaired) electrons. The third-order valence-corrected chi connectivity index (χ3v) is 1.57. The van der Waals surface area contributed by atoms with Gasteiger partial charge in [0.05, 0.1) is 6.42 Å². The monoisotopic (exact) mass is 220 g/mol. The smallest absolute Gasteiger partial charge is 0.387 e. The normalized spacial score (nSPS) is 10.4. The van der Waals surface area contributed by atoms with Crippen molar-refractivity contribution in [3.05, 3.63) is 29.6 Å². The standard InChI is InChI=1S/C9H7F3O3/c10-6-2-1-5(4-8(13)14)3-7(6)15-9(11)12/h1-3,9H,4H2,(H,13,14). The number of alkyl halides is 2. The maximum Gasteiger partial charge on any atom is 0.387 e. The van der Waals surface area contributed by atoms with Gasteiger partial charge in [-0.3, -0.25) is 4.79 Å². The number of benzene rings is 1. The zero-order valence-electron chi connectivity index (χ0n) is 7.41. The molecule has 0 aliphatic rings. The molecular weight excluding hydrogens is 213 g/mol. The van der Waals surface area contributed by atoms with Crippen molar-refractivity contribution in [3.63, 3.8) is 0 Å². The Kier molecular flexibility index (Phi) is 3.54. The maximum absolute atomic E-state index is 12.9. The lowest BCUT2D eigenvalue weighted by molar-refractivity contribution is -0.136. The molecular formula is C9H7F3O3. The Labute approximate surface area is 83.1 Å². The number of carbonyl (C=O) groups is 1. The van der Waals surface area contributed by atoms with Gasteiger partial charge in [-0.2, -0.15) is 8.78 Å². The largest absolute Gasteiger partial charge is 0.481 e. The Balaban J connectivity index is 2.89. The topological polar surface area (TPSA) is 46.5 Å². The number of hydrogen-bond donors (Lipinski definition) is 1. The average molecular weight is 220 g/mol. The van der Waals surface area contributed by atoms with Gasteiger partial charge < -0.3 is 9.84 Å². The molecule has 0 aliphatic carbocycles. The Morgan fingerprint density at radius 1 is 1.47 bits per heavy atom. The third-order valence-electron chi connectivity index (χ3n) is 1.57. The van der Waals surface area contributed by atoms with Crippen LogP contribution in [0.25, 0.3) is 0 Å². The number of carboxylic acid groups (broad SMARTS) is 1. The van der Waals surface area contributed by atoms with Crippen LogP contribution in [0.5, 0.6) is 5.75 Å². The van der Waals surface area contributed by atoms with Gasteiger partial charge in [0.15, 0.2) is 11.6 Å². The van der Waals surface area contributed by atoms with Crippen LogP contribution in [-0.2, 0) is 11.2 Å². The minimum atomic E-state index is -3.14. The Bertz CT molecular complexity index is 366. The Morgan fingerprint density at radius 3 is 2.67 bits per heavy atom. The first kappa shape index (κ1) is 11.4. The van der Waals surface area contributed by atoms with Gasteiger partial charge in [-0.1, -0.05) is 6.07 Å². The molecule has 0 aromatic heterocycles. The Morgan fingerprint density at radius 2 is 2.13 bits per heavy atom. The summed E-state index contributed by atoms with van der Waals surface area (Å²) in [7, 11) is 0. The van der Waals surface area contributed by atoms with Crippen molar-refractivity contribution in [1.29, 1.82) is 0 Å². The molecule has 15 heavy (non-hydrogen) atoms. The van der Waals surface area contributed by atoms with Crippen LogP contribution in [0, 0.1) is 5.82 Å². The van der Waals surface area contributed by atoms with E-state index in [-0.39, 0.29) is 12.0 Å². The predicted molar refractivity (Wildman–Crippen MR) is 44.4 cm³/mol. The van der Waals surface area contributed by atoms with Crippen molar-refractivity contribution in [2.75, 3.05) is 0 Å². The molecule has 82 valence electrons. The van der Waals surface area contributed by atoms with Gasteiger partial charge in [0, 0.05) is 0 Å². The summed E-state index contributed by atoms with van der Waals surface area (Å²) >= 11 is 0. The molecule has 6 heteroatoms. The number of aliphatic carboxylic acids is 1. The van der Waals surface area contributed by atoms with Crippen molar-refractivity contribution in [3.8, 4) is 5.75 Å². The number of hydrogen-bond acceptors (Lipinski definition) is 2. The van der Waals surface area contributed by atoms with Crippen LogP contribution < -0.4 is 4.74 Å². The van der Waals surface area contributed by atoms with Gasteiger partial charge in [0.1, 0.15) is 0 Å². The van der Waals surface area contributed by atoms with Gasteiger partial charge in [-0.15, -0.1) is 0 Å². The summed E-state index contributed by atoms with van der Waals surface area (Å²) in [4.78, 5) is 10.3. The second-order valence-electron chi connectivity index (χ2n) is 2.71. The SMILES string of the molecule is O=C(O)Cc1ccc(F)c(OC(F)F)c1. The van der Waals surface area contributed by atoms with E-state index in [9.17, 15) is 18.0 Å². The number of ether oxygens (including phenoxy) is 1. The van der Waals surface area contributed by atoms with Crippen molar-refractivity contribution < 1.29 is 27.8 Å². The van der Waals surface area contributed by atoms with E-state index in [4.69, 9.17) is 5.11 Å². The second kappa shape index (κ2) is 4.68. The summed E-state index contributed by atoms with van der Waals surface area (Å²) < 4.78 is 40.3. The molecule has 0 bridgehead atoms. The second-order valence-corrected chi connectivity index (χ2v) is 2.71. The number of carboxylic acids is 1. The molecule has 3 nitrogen and oxygen atoms in total. The zero-order chi connectivity index (χ0) is 11.4. The quantitative estimate of drug-likeness (QED) is 0.844. The highest BCUT2D eigenvalue weighted by Crippen LogP contribution is 2.21. The van der Waals surface area contributed by atoms with Crippen LogP contribution in [-0.4, -0.2) is 17.7 Å². The lowest BCUT2D eigenvalue weighted by Crippen LogP contribution is -2.05. The zero-order valence-corrected chi connectivity index (χ0v) is 7.41. The fourth-order valence-electron chi connectivity index (χ4n) is 1.02. The molecule has 0 fully saturated rings. The molecule has 1 aromatic carbocycles. The van der Waals surface area contributed by atoms with Gasteiger partial charge in [-0.05, 0) is 17.7 Å². The first-order chi connectivity index (χ1) is 6.99. The van der Waals surface area contributed by atoms with Crippen LogP contribution in [0.15, 0.2) is 18.2 Å². The van der Waals surface area contributed by atoms with E-state index in [0.29, 0.717) is 0 Å². The molecule has 0 spiro atoms. The van der Waals surface area contributed by atoms with E-state index in [1.807, 2.05) is 0 Å². The van der Waals surface area contributed by atoms with E-state index >= 15 is 0 Å². The van der Waals surface area contributed by atoms with E-state index in [1.54, 1.807) is 0 Å². The van der Waals surface area contributed by atoms with Gasteiger partial charge in [-0.25, -0.2) is 4.39 Å². The molecule has 0 unspecified atom stereocenters. The maximum atomic E-state index is 12.9. The van der Waals surface area contributed by atoms with Crippen LogP contribution in [0.4, 0.5) is 13.2 Å².